The normalized spacial score (nSPS) is 14.2. The molecule has 0 heterocycles. The van der Waals surface area contributed by atoms with Gasteiger partial charge in [0, 0.05) is 19.5 Å². The fourth-order valence-electron chi connectivity index (χ4n) is 1.14. The van der Waals surface area contributed by atoms with Crippen molar-refractivity contribution in [3.05, 3.63) is 0 Å². The summed E-state index contributed by atoms with van der Waals surface area (Å²) in [4.78, 5) is 0. The van der Waals surface area contributed by atoms with Gasteiger partial charge in [-0.25, -0.2) is 12.7 Å². The van der Waals surface area contributed by atoms with Crippen molar-refractivity contribution in [2.45, 2.75) is 26.9 Å². The molecule has 7 heteroatoms. The van der Waals surface area contributed by atoms with E-state index in [1.54, 1.807) is 6.92 Å². The fourth-order valence-corrected chi connectivity index (χ4v) is 2.21. The van der Waals surface area contributed by atoms with Crippen LogP contribution >= 0.6 is 0 Å². The maximum absolute atomic E-state index is 11.8. The number of hydrogen-bond donors (Lipinski definition) is 2. The molecule has 102 valence electrons. The highest BCUT2D eigenvalue weighted by atomic mass is 32.2. The Morgan fingerprint density at radius 2 is 1.94 bits per heavy atom. The van der Waals surface area contributed by atoms with Gasteiger partial charge in [0.25, 0.3) is 0 Å². The zero-order valence-corrected chi connectivity index (χ0v) is 11.8. The van der Waals surface area contributed by atoms with Crippen molar-refractivity contribution in [1.29, 1.82) is 5.41 Å². The van der Waals surface area contributed by atoms with Gasteiger partial charge in [-0.3, -0.25) is 5.41 Å². The molecule has 0 aromatic heterocycles. The van der Waals surface area contributed by atoms with Gasteiger partial charge in [0.1, 0.15) is 0 Å². The molecule has 1 unspecified atom stereocenters. The van der Waals surface area contributed by atoms with Crippen LogP contribution in [0.3, 0.4) is 0 Å². The molecule has 0 radical (unpaired) electrons. The van der Waals surface area contributed by atoms with Crippen molar-refractivity contribution < 1.29 is 13.2 Å². The molecule has 0 rings (SSSR count). The average molecular weight is 265 g/mol. The van der Waals surface area contributed by atoms with Gasteiger partial charge in [0.2, 0.25) is 10.0 Å². The molecule has 1 atom stereocenters. The predicted molar refractivity (Wildman–Crippen MR) is 68.6 cm³/mol. The number of rotatable bonds is 8. The van der Waals surface area contributed by atoms with Crippen molar-refractivity contribution in [2.24, 2.45) is 11.7 Å². The Bertz CT molecular complexity index is 341. The van der Waals surface area contributed by atoms with Crippen LogP contribution in [0.2, 0.25) is 0 Å². The first kappa shape index (κ1) is 16.3. The summed E-state index contributed by atoms with van der Waals surface area (Å²) in [5, 5.41) is 7.22. The molecule has 6 nitrogen and oxygen atoms in total. The van der Waals surface area contributed by atoms with Crippen LogP contribution in [-0.2, 0) is 14.8 Å². The largest absolute Gasteiger partial charge is 0.387 e. The van der Waals surface area contributed by atoms with Crippen molar-refractivity contribution in [2.75, 3.05) is 26.0 Å². The maximum Gasteiger partial charge on any atom is 0.216 e. The van der Waals surface area contributed by atoms with E-state index in [0.717, 1.165) is 0 Å². The molecule has 0 fully saturated rings. The number of amidine groups is 1. The molecule has 0 aliphatic carbocycles. The summed E-state index contributed by atoms with van der Waals surface area (Å²) in [6, 6.07) is 0. The van der Waals surface area contributed by atoms with Crippen molar-refractivity contribution in [3.63, 3.8) is 0 Å². The smallest absolute Gasteiger partial charge is 0.216 e. The maximum atomic E-state index is 11.8. The minimum atomic E-state index is -3.33. The molecule has 0 saturated carbocycles. The second-order valence-corrected chi connectivity index (χ2v) is 6.57. The molecular formula is C10H23N3O3S. The Labute approximate surface area is 104 Å². The lowest BCUT2D eigenvalue weighted by Crippen LogP contribution is -2.38. The number of ether oxygens (including phenoxy) is 1. The van der Waals surface area contributed by atoms with Crippen LogP contribution in [0.15, 0.2) is 0 Å². The molecule has 0 aromatic carbocycles. The van der Waals surface area contributed by atoms with Crippen molar-refractivity contribution in [1.82, 2.24) is 4.31 Å². The van der Waals surface area contributed by atoms with Gasteiger partial charge in [-0.15, -0.1) is 0 Å². The summed E-state index contributed by atoms with van der Waals surface area (Å²) in [6.07, 6.45) is 0.0200. The highest BCUT2D eigenvalue weighted by Gasteiger charge is 2.20. The summed E-state index contributed by atoms with van der Waals surface area (Å²) in [6.45, 7) is 5.83. The van der Waals surface area contributed by atoms with Crippen LogP contribution < -0.4 is 5.73 Å². The van der Waals surface area contributed by atoms with Crippen LogP contribution in [-0.4, -0.2) is 50.6 Å². The molecule has 0 aliphatic heterocycles. The van der Waals surface area contributed by atoms with E-state index in [1.807, 2.05) is 13.8 Å². The van der Waals surface area contributed by atoms with Gasteiger partial charge >= 0.3 is 0 Å². The summed E-state index contributed by atoms with van der Waals surface area (Å²) >= 11 is 0. The first-order valence-corrected chi connectivity index (χ1v) is 7.17. The monoisotopic (exact) mass is 265 g/mol. The topological polar surface area (TPSA) is 96.5 Å². The molecule has 3 N–H and O–H groups in total. The third kappa shape index (κ3) is 6.60. The Kier molecular flexibility index (Phi) is 6.66. The van der Waals surface area contributed by atoms with Gasteiger partial charge in [-0.1, -0.05) is 6.92 Å². The van der Waals surface area contributed by atoms with E-state index in [9.17, 15) is 8.42 Å². The minimum absolute atomic E-state index is 0.00881. The first-order valence-electron chi connectivity index (χ1n) is 5.56. The number of nitrogens with one attached hydrogen (secondary N) is 1. The summed E-state index contributed by atoms with van der Waals surface area (Å²) in [5.74, 6) is -0.335. The van der Waals surface area contributed by atoms with Crippen molar-refractivity contribution in [3.8, 4) is 0 Å². The van der Waals surface area contributed by atoms with Gasteiger partial charge in [0.05, 0.1) is 24.3 Å². The zero-order chi connectivity index (χ0) is 13.6. The van der Waals surface area contributed by atoms with Gasteiger partial charge < -0.3 is 10.5 Å². The van der Waals surface area contributed by atoms with Crippen LogP contribution in [0.4, 0.5) is 0 Å². The molecule has 0 spiro atoms. The van der Waals surface area contributed by atoms with E-state index in [2.05, 4.69) is 0 Å². The Balaban J connectivity index is 4.25. The lowest BCUT2D eigenvalue weighted by atomic mass is 10.2. The number of nitrogens with zero attached hydrogens (tertiary/aromatic N) is 1. The number of sulfonamides is 1. The molecular weight excluding hydrogens is 242 g/mol. The quantitative estimate of drug-likeness (QED) is 0.485. The third-order valence-corrected chi connectivity index (χ3v) is 4.11. The van der Waals surface area contributed by atoms with E-state index < -0.39 is 10.0 Å². The molecule has 0 bridgehead atoms. The standard InChI is InChI=1S/C10H23N3O3S/c1-8(2)16-5-6-17(14,15)13(4)7-9(3)10(11)12/h8-9H,5-7H2,1-4H3,(H3,11,12). The second-order valence-electron chi connectivity index (χ2n) is 4.37. The molecule has 0 saturated heterocycles. The Hall–Kier alpha value is -0.660. The summed E-state index contributed by atoms with van der Waals surface area (Å²) in [5.41, 5.74) is 5.30. The third-order valence-electron chi connectivity index (χ3n) is 2.33. The Morgan fingerprint density at radius 3 is 2.35 bits per heavy atom. The zero-order valence-electron chi connectivity index (χ0n) is 10.9. The SMILES string of the molecule is CC(C)OCCS(=O)(=O)N(C)CC(C)C(=N)N. The second kappa shape index (κ2) is 6.93. The van der Waals surface area contributed by atoms with E-state index in [-0.39, 0.29) is 36.8 Å². The molecule has 0 amide bonds. The van der Waals surface area contributed by atoms with E-state index in [4.69, 9.17) is 15.9 Å². The predicted octanol–water partition coefficient (Wildman–Crippen LogP) is 0.245. The Morgan fingerprint density at radius 1 is 1.41 bits per heavy atom. The van der Waals surface area contributed by atoms with Gasteiger partial charge in [0.15, 0.2) is 0 Å². The summed E-state index contributed by atoms with van der Waals surface area (Å²) < 4.78 is 30.0. The number of hydrogen-bond acceptors (Lipinski definition) is 4. The average Bonchev–Trinajstić information content (AvgIpc) is 2.16. The van der Waals surface area contributed by atoms with Crippen molar-refractivity contribution >= 4 is 15.9 Å². The molecule has 17 heavy (non-hydrogen) atoms. The van der Waals surface area contributed by atoms with Crippen LogP contribution in [0, 0.1) is 11.3 Å². The van der Waals surface area contributed by atoms with E-state index in [0.29, 0.717) is 0 Å². The fraction of sp³-hybridized carbons (Fsp3) is 0.900. The van der Waals surface area contributed by atoms with Crippen LogP contribution in [0.25, 0.3) is 0 Å². The lowest BCUT2D eigenvalue weighted by Gasteiger charge is -2.20. The lowest BCUT2D eigenvalue weighted by molar-refractivity contribution is 0.0907. The van der Waals surface area contributed by atoms with E-state index >= 15 is 0 Å². The van der Waals surface area contributed by atoms with Crippen LogP contribution in [0.1, 0.15) is 20.8 Å². The molecule has 0 aliphatic rings. The summed E-state index contributed by atoms with van der Waals surface area (Å²) in [7, 11) is -1.84. The molecule has 0 aromatic rings. The first-order chi connectivity index (χ1) is 7.66. The van der Waals surface area contributed by atoms with E-state index in [1.165, 1.54) is 11.4 Å². The minimum Gasteiger partial charge on any atom is -0.387 e. The highest BCUT2D eigenvalue weighted by Crippen LogP contribution is 2.04. The number of nitrogens with two attached hydrogens (primary N) is 1. The van der Waals surface area contributed by atoms with Crippen LogP contribution in [0.5, 0.6) is 0 Å². The van der Waals surface area contributed by atoms with Gasteiger partial charge in [-0.2, -0.15) is 0 Å². The van der Waals surface area contributed by atoms with Gasteiger partial charge in [-0.05, 0) is 13.8 Å². The highest BCUT2D eigenvalue weighted by molar-refractivity contribution is 7.89.